The van der Waals surface area contributed by atoms with Crippen molar-refractivity contribution in [2.24, 2.45) is 0 Å². The van der Waals surface area contributed by atoms with E-state index in [0.717, 1.165) is 12.1 Å². The van der Waals surface area contributed by atoms with Gasteiger partial charge in [-0.2, -0.15) is 13.2 Å². The van der Waals surface area contributed by atoms with Gasteiger partial charge in [0.2, 0.25) is 5.78 Å². The van der Waals surface area contributed by atoms with E-state index in [9.17, 15) is 27.0 Å². The molecule has 0 aliphatic heterocycles. The van der Waals surface area contributed by atoms with Crippen LogP contribution in [0, 0.1) is 13.8 Å². The Morgan fingerprint density at radius 3 is 2.28 bits per heavy atom. The summed E-state index contributed by atoms with van der Waals surface area (Å²) in [7, 11) is -1.18. The van der Waals surface area contributed by atoms with Crippen LogP contribution in [0.4, 0.5) is 13.2 Å². The maximum Gasteiger partial charge on any atom is 0.416 e. The molecule has 0 amide bonds. The lowest BCUT2D eigenvalue weighted by atomic mass is 10.1. The standard InChI is InChI=1S/C23H20F3NO4S/c1-14-11-20(15(2)27(14)18-6-4-5-17(12-18)23(24,25)26)21(28)13-31-22(29)16-7-9-19(10-8-16)32(3)30/h4-12H,13H2,1-3H3. The topological polar surface area (TPSA) is 65.4 Å². The van der Waals surface area contributed by atoms with E-state index in [1.807, 2.05) is 0 Å². The number of halogens is 3. The van der Waals surface area contributed by atoms with Gasteiger partial charge in [-0.3, -0.25) is 9.00 Å². The van der Waals surface area contributed by atoms with Gasteiger partial charge in [-0.15, -0.1) is 0 Å². The lowest BCUT2D eigenvalue weighted by molar-refractivity contribution is -0.137. The van der Waals surface area contributed by atoms with E-state index in [2.05, 4.69) is 0 Å². The number of alkyl halides is 3. The summed E-state index contributed by atoms with van der Waals surface area (Å²) in [5.41, 5.74) is 0.963. The van der Waals surface area contributed by atoms with Gasteiger partial charge in [-0.05, 0) is 62.4 Å². The predicted octanol–water partition coefficient (Wildman–Crippen LogP) is 4.89. The number of aryl methyl sites for hydroxylation is 1. The van der Waals surface area contributed by atoms with Crippen molar-refractivity contribution in [2.45, 2.75) is 24.9 Å². The number of Topliss-reactive ketones (excluding diaryl/α,β-unsaturated/α-hetero) is 1. The third kappa shape index (κ3) is 4.99. The lowest BCUT2D eigenvalue weighted by Crippen LogP contribution is -2.15. The van der Waals surface area contributed by atoms with Crippen LogP contribution in [0.25, 0.3) is 5.69 Å². The first-order valence-corrected chi connectivity index (χ1v) is 11.0. The molecule has 1 heterocycles. The molecule has 2 aromatic carbocycles. The molecule has 0 saturated carbocycles. The third-order valence-electron chi connectivity index (χ3n) is 4.92. The van der Waals surface area contributed by atoms with Gasteiger partial charge in [-0.1, -0.05) is 6.07 Å². The van der Waals surface area contributed by atoms with Gasteiger partial charge < -0.3 is 9.30 Å². The highest BCUT2D eigenvalue weighted by Gasteiger charge is 2.31. The summed E-state index contributed by atoms with van der Waals surface area (Å²) in [6, 6.07) is 12.4. The number of nitrogens with zero attached hydrogens (tertiary/aromatic N) is 1. The van der Waals surface area contributed by atoms with Crippen molar-refractivity contribution in [1.82, 2.24) is 4.57 Å². The van der Waals surface area contributed by atoms with Crippen molar-refractivity contribution in [3.05, 3.63) is 82.7 Å². The van der Waals surface area contributed by atoms with Crippen LogP contribution in [0.5, 0.6) is 0 Å². The van der Waals surface area contributed by atoms with Crippen LogP contribution >= 0.6 is 0 Å². The molecule has 0 aliphatic rings. The molecule has 1 aromatic heterocycles. The Bertz CT molecular complexity index is 1200. The fourth-order valence-corrected chi connectivity index (χ4v) is 3.86. The number of esters is 1. The van der Waals surface area contributed by atoms with Crippen LogP contribution in [0.2, 0.25) is 0 Å². The zero-order chi connectivity index (χ0) is 23.6. The number of aromatic nitrogens is 1. The first kappa shape index (κ1) is 23.5. The minimum Gasteiger partial charge on any atom is -0.454 e. The van der Waals surface area contributed by atoms with Crippen molar-refractivity contribution in [2.75, 3.05) is 12.9 Å². The Morgan fingerprint density at radius 1 is 1.03 bits per heavy atom. The zero-order valence-electron chi connectivity index (χ0n) is 17.5. The zero-order valence-corrected chi connectivity index (χ0v) is 18.3. The monoisotopic (exact) mass is 463 g/mol. The number of rotatable bonds is 6. The summed E-state index contributed by atoms with van der Waals surface area (Å²) in [5, 5.41) is 0. The van der Waals surface area contributed by atoms with Crippen LogP contribution in [0.3, 0.4) is 0 Å². The number of hydrogen-bond acceptors (Lipinski definition) is 4. The normalized spacial score (nSPS) is 12.4. The third-order valence-corrected chi connectivity index (χ3v) is 5.86. The van der Waals surface area contributed by atoms with E-state index < -0.39 is 40.9 Å². The minimum absolute atomic E-state index is 0.210. The molecule has 3 rings (SSSR count). The molecule has 9 heteroatoms. The van der Waals surface area contributed by atoms with Gasteiger partial charge in [0.15, 0.2) is 6.61 Å². The number of carbonyl (C=O) groups excluding carboxylic acids is 2. The van der Waals surface area contributed by atoms with E-state index in [1.165, 1.54) is 42.7 Å². The number of benzene rings is 2. The Kier molecular flexibility index (Phi) is 6.68. The van der Waals surface area contributed by atoms with Crippen LogP contribution < -0.4 is 0 Å². The van der Waals surface area contributed by atoms with Gasteiger partial charge >= 0.3 is 12.1 Å². The number of ketones is 1. The van der Waals surface area contributed by atoms with E-state index >= 15 is 0 Å². The van der Waals surface area contributed by atoms with E-state index in [-0.39, 0.29) is 16.8 Å². The summed E-state index contributed by atoms with van der Waals surface area (Å²) in [6.45, 7) is 2.77. The second kappa shape index (κ2) is 9.12. The molecule has 1 atom stereocenters. The SMILES string of the molecule is Cc1cc(C(=O)COC(=O)c2ccc(S(C)=O)cc2)c(C)n1-c1cccc(C(F)(F)F)c1. The summed E-state index contributed by atoms with van der Waals surface area (Å²) < 4.78 is 57.3. The van der Waals surface area contributed by atoms with E-state index in [1.54, 1.807) is 24.5 Å². The molecule has 0 radical (unpaired) electrons. The van der Waals surface area contributed by atoms with Gasteiger partial charge in [0, 0.05) is 44.6 Å². The fourth-order valence-electron chi connectivity index (χ4n) is 3.34. The van der Waals surface area contributed by atoms with Crippen LogP contribution in [0.1, 0.15) is 37.7 Å². The molecule has 0 fully saturated rings. The summed E-state index contributed by atoms with van der Waals surface area (Å²) in [6.07, 6.45) is -2.97. The number of carbonyl (C=O) groups is 2. The maximum absolute atomic E-state index is 13.1. The Hall–Kier alpha value is -3.20. The minimum atomic E-state index is -4.48. The average Bonchev–Trinajstić information content (AvgIpc) is 3.05. The molecular weight excluding hydrogens is 443 g/mol. The molecule has 3 aromatic rings. The Balaban J connectivity index is 1.77. The highest BCUT2D eigenvalue weighted by atomic mass is 32.2. The van der Waals surface area contributed by atoms with Gasteiger partial charge in [0.1, 0.15) is 0 Å². The molecule has 1 unspecified atom stereocenters. The lowest BCUT2D eigenvalue weighted by Gasteiger charge is -2.13. The highest BCUT2D eigenvalue weighted by Crippen LogP contribution is 2.31. The Morgan fingerprint density at radius 2 is 1.69 bits per heavy atom. The summed E-state index contributed by atoms with van der Waals surface area (Å²) in [4.78, 5) is 25.4. The predicted molar refractivity (Wildman–Crippen MR) is 114 cm³/mol. The van der Waals surface area contributed by atoms with Gasteiger partial charge in [-0.25, -0.2) is 4.79 Å². The highest BCUT2D eigenvalue weighted by molar-refractivity contribution is 7.84. The van der Waals surface area contributed by atoms with Gasteiger partial charge in [0.05, 0.1) is 11.1 Å². The van der Waals surface area contributed by atoms with Crippen molar-refractivity contribution in [1.29, 1.82) is 0 Å². The molecule has 0 bridgehead atoms. The van der Waals surface area contributed by atoms with Crippen LogP contribution in [-0.4, -0.2) is 33.4 Å². The largest absolute Gasteiger partial charge is 0.454 e. The van der Waals surface area contributed by atoms with Crippen LogP contribution in [0.15, 0.2) is 59.5 Å². The smallest absolute Gasteiger partial charge is 0.416 e. The van der Waals surface area contributed by atoms with Crippen molar-refractivity contribution < 1.29 is 31.7 Å². The first-order chi connectivity index (χ1) is 15.0. The molecule has 0 saturated heterocycles. The molecule has 32 heavy (non-hydrogen) atoms. The van der Waals surface area contributed by atoms with Crippen LogP contribution in [-0.2, 0) is 21.7 Å². The molecule has 0 aliphatic carbocycles. The fraction of sp³-hybridized carbons (Fsp3) is 0.217. The summed E-state index contributed by atoms with van der Waals surface area (Å²) in [5.74, 6) is -1.19. The second-order valence-corrected chi connectivity index (χ2v) is 8.53. The van der Waals surface area contributed by atoms with Crippen molar-refractivity contribution >= 4 is 22.6 Å². The first-order valence-electron chi connectivity index (χ1n) is 9.49. The Labute approximate surface area is 185 Å². The molecular formula is C23H20F3NO4S. The van der Waals surface area contributed by atoms with Crippen molar-refractivity contribution in [3.63, 3.8) is 0 Å². The summed E-state index contributed by atoms with van der Waals surface area (Å²) >= 11 is 0. The molecule has 168 valence electrons. The van der Waals surface area contributed by atoms with Crippen molar-refractivity contribution in [3.8, 4) is 5.69 Å². The van der Waals surface area contributed by atoms with E-state index in [4.69, 9.17) is 4.74 Å². The van der Waals surface area contributed by atoms with E-state index in [0.29, 0.717) is 16.3 Å². The molecule has 0 spiro atoms. The number of hydrogen-bond donors (Lipinski definition) is 0. The second-order valence-electron chi connectivity index (χ2n) is 7.15. The maximum atomic E-state index is 13.1. The number of ether oxygens (including phenoxy) is 1. The van der Waals surface area contributed by atoms with Gasteiger partial charge in [0.25, 0.3) is 0 Å². The molecule has 5 nitrogen and oxygen atoms in total. The molecule has 0 N–H and O–H groups in total. The quantitative estimate of drug-likeness (QED) is 0.386. The average molecular weight is 463 g/mol.